The summed E-state index contributed by atoms with van der Waals surface area (Å²) in [5.41, 5.74) is 6.61. The van der Waals surface area contributed by atoms with Gasteiger partial charge in [0.1, 0.15) is 5.75 Å². The second-order valence-corrected chi connectivity index (χ2v) is 10.8. The smallest absolute Gasteiger partial charge is 0.162 e. The van der Waals surface area contributed by atoms with Crippen molar-refractivity contribution in [3.8, 4) is 5.75 Å². The number of fused-ring (bicyclic) bond motifs is 4. The molecule has 1 atom stereocenters. The van der Waals surface area contributed by atoms with Crippen LogP contribution in [0.25, 0.3) is 16.3 Å². The Hall–Kier alpha value is -2.34. The van der Waals surface area contributed by atoms with Gasteiger partial charge in [-0.2, -0.15) is 0 Å². The summed E-state index contributed by atoms with van der Waals surface area (Å²) in [7, 11) is 0. The van der Waals surface area contributed by atoms with Gasteiger partial charge in [-0.05, 0) is 88.4 Å². The highest BCUT2D eigenvalue weighted by atomic mass is 127. The first kappa shape index (κ1) is 21.5. The fourth-order valence-corrected chi connectivity index (χ4v) is 5.86. The van der Waals surface area contributed by atoms with E-state index in [4.69, 9.17) is 4.74 Å². The normalized spacial score (nSPS) is 19.4. The number of carbonyl (C=O) groups excluding carboxylic acids is 1. The molecular formula is C28H28INO2. The topological polar surface area (TPSA) is 38.3 Å². The maximum absolute atomic E-state index is 13.6. The monoisotopic (exact) mass is 537 g/mol. The van der Waals surface area contributed by atoms with E-state index >= 15 is 0 Å². The Morgan fingerprint density at radius 1 is 1.12 bits per heavy atom. The molecule has 0 aromatic heterocycles. The number of rotatable bonds is 3. The largest absolute Gasteiger partial charge is 0.494 e. The molecule has 5 rings (SSSR count). The van der Waals surface area contributed by atoms with Crippen LogP contribution in [-0.4, -0.2) is 12.4 Å². The molecule has 1 aliphatic carbocycles. The zero-order valence-corrected chi connectivity index (χ0v) is 21.2. The Kier molecular flexibility index (Phi) is 5.31. The van der Waals surface area contributed by atoms with E-state index in [-0.39, 0.29) is 17.2 Å². The molecule has 0 fully saturated rings. The van der Waals surface area contributed by atoms with E-state index in [0.29, 0.717) is 13.0 Å². The molecule has 0 spiro atoms. The van der Waals surface area contributed by atoms with Crippen LogP contribution in [0.3, 0.4) is 0 Å². The molecule has 0 amide bonds. The second kappa shape index (κ2) is 7.91. The number of carbonyl (C=O) groups is 1. The van der Waals surface area contributed by atoms with Gasteiger partial charge < -0.3 is 10.1 Å². The molecule has 1 heterocycles. The van der Waals surface area contributed by atoms with Crippen LogP contribution < -0.4 is 10.1 Å². The summed E-state index contributed by atoms with van der Waals surface area (Å²) in [5.74, 6) is 1.15. The summed E-state index contributed by atoms with van der Waals surface area (Å²) in [6, 6.07) is 17.0. The van der Waals surface area contributed by atoms with Crippen molar-refractivity contribution in [3.05, 3.63) is 74.4 Å². The number of allylic oxidation sites excluding steroid dienone is 1. The highest BCUT2D eigenvalue weighted by Gasteiger charge is 2.41. The van der Waals surface area contributed by atoms with Crippen molar-refractivity contribution < 1.29 is 9.53 Å². The Labute approximate surface area is 203 Å². The highest BCUT2D eigenvalue weighted by molar-refractivity contribution is 14.1. The number of benzene rings is 3. The van der Waals surface area contributed by atoms with Crippen LogP contribution >= 0.6 is 22.6 Å². The molecule has 2 aliphatic rings. The summed E-state index contributed by atoms with van der Waals surface area (Å²) in [5, 5.41) is 6.16. The van der Waals surface area contributed by atoms with Crippen LogP contribution in [0.4, 0.5) is 5.69 Å². The van der Waals surface area contributed by atoms with Crippen molar-refractivity contribution >= 4 is 50.4 Å². The lowest BCUT2D eigenvalue weighted by Crippen LogP contribution is -2.33. The van der Waals surface area contributed by atoms with E-state index in [2.05, 4.69) is 97.2 Å². The standard InChI is InChI=1S/C28H28INO2/c1-5-32-24-13-18(12-21(29)16(24)2)27-26-20(14-28(3,4)15-23(26)31)25-19-9-7-6-8-17(19)10-11-22(25)30-27/h6-13,27,30H,5,14-15H2,1-4H3. The summed E-state index contributed by atoms with van der Waals surface area (Å²) in [4.78, 5) is 13.6. The SMILES string of the molecule is CCOc1cc(C2Nc3ccc4ccccc4c3C3=C2C(=O)CC(C)(C)C3)cc(I)c1C. The lowest BCUT2D eigenvalue weighted by molar-refractivity contribution is -0.118. The molecule has 32 heavy (non-hydrogen) atoms. The van der Waals surface area contributed by atoms with Gasteiger partial charge in [-0.3, -0.25) is 4.79 Å². The van der Waals surface area contributed by atoms with E-state index in [1.54, 1.807) is 0 Å². The first-order valence-electron chi connectivity index (χ1n) is 11.3. The van der Waals surface area contributed by atoms with Gasteiger partial charge in [-0.1, -0.05) is 44.2 Å². The minimum atomic E-state index is -0.171. The fourth-order valence-electron chi connectivity index (χ4n) is 5.23. The Morgan fingerprint density at radius 3 is 2.69 bits per heavy atom. The fraction of sp³-hybridized carbons (Fsp3) is 0.321. The van der Waals surface area contributed by atoms with Gasteiger partial charge in [0.25, 0.3) is 0 Å². The third kappa shape index (κ3) is 3.53. The van der Waals surface area contributed by atoms with Crippen molar-refractivity contribution in [1.29, 1.82) is 0 Å². The van der Waals surface area contributed by atoms with Crippen molar-refractivity contribution in [3.63, 3.8) is 0 Å². The average molecular weight is 537 g/mol. The summed E-state index contributed by atoms with van der Waals surface area (Å²) in [6.07, 6.45) is 1.47. The van der Waals surface area contributed by atoms with Gasteiger partial charge in [0.05, 0.1) is 12.6 Å². The zero-order chi connectivity index (χ0) is 22.6. The van der Waals surface area contributed by atoms with Crippen LogP contribution in [-0.2, 0) is 4.79 Å². The number of ether oxygens (including phenoxy) is 1. The minimum Gasteiger partial charge on any atom is -0.494 e. The number of hydrogen-bond acceptors (Lipinski definition) is 3. The van der Waals surface area contributed by atoms with E-state index in [9.17, 15) is 4.79 Å². The first-order valence-corrected chi connectivity index (χ1v) is 12.3. The Bertz CT molecular complexity index is 1290. The second-order valence-electron chi connectivity index (χ2n) is 9.68. The molecule has 3 nitrogen and oxygen atoms in total. The third-order valence-electron chi connectivity index (χ3n) is 6.69. The number of halogens is 1. The average Bonchev–Trinajstić information content (AvgIpc) is 2.75. The quantitative estimate of drug-likeness (QED) is 0.353. The van der Waals surface area contributed by atoms with Crippen LogP contribution in [0.5, 0.6) is 5.75 Å². The molecule has 1 N–H and O–H groups in total. The van der Waals surface area contributed by atoms with E-state index in [1.165, 1.54) is 21.9 Å². The molecule has 0 bridgehead atoms. The summed E-state index contributed by atoms with van der Waals surface area (Å²) >= 11 is 2.37. The van der Waals surface area contributed by atoms with Gasteiger partial charge in [0.15, 0.2) is 5.78 Å². The van der Waals surface area contributed by atoms with Crippen molar-refractivity contribution in [2.24, 2.45) is 5.41 Å². The predicted molar refractivity (Wildman–Crippen MR) is 140 cm³/mol. The highest BCUT2D eigenvalue weighted by Crippen LogP contribution is 2.52. The van der Waals surface area contributed by atoms with Crippen molar-refractivity contribution in [2.45, 2.75) is 46.6 Å². The summed E-state index contributed by atoms with van der Waals surface area (Å²) < 4.78 is 7.09. The summed E-state index contributed by atoms with van der Waals surface area (Å²) in [6.45, 7) is 9.13. The number of hydrogen-bond donors (Lipinski definition) is 1. The molecule has 3 aromatic carbocycles. The molecule has 4 heteroatoms. The molecule has 0 saturated carbocycles. The van der Waals surface area contributed by atoms with Gasteiger partial charge in [-0.15, -0.1) is 0 Å². The van der Waals surface area contributed by atoms with Gasteiger partial charge in [0, 0.05) is 32.4 Å². The number of nitrogens with one attached hydrogen (secondary N) is 1. The predicted octanol–water partition coefficient (Wildman–Crippen LogP) is 7.46. The molecule has 3 aromatic rings. The third-order valence-corrected chi connectivity index (χ3v) is 7.81. The maximum Gasteiger partial charge on any atom is 0.162 e. The van der Waals surface area contributed by atoms with Gasteiger partial charge >= 0.3 is 0 Å². The lowest BCUT2D eigenvalue weighted by Gasteiger charge is -2.40. The number of anilines is 1. The zero-order valence-electron chi connectivity index (χ0n) is 19.0. The molecule has 1 aliphatic heterocycles. The van der Waals surface area contributed by atoms with Gasteiger partial charge in [0.2, 0.25) is 0 Å². The number of ketones is 1. The van der Waals surface area contributed by atoms with Crippen LogP contribution in [0.2, 0.25) is 0 Å². The molecule has 1 unspecified atom stereocenters. The Balaban J connectivity index is 1.77. The van der Waals surface area contributed by atoms with Crippen LogP contribution in [0.15, 0.2) is 54.1 Å². The van der Waals surface area contributed by atoms with Crippen LogP contribution in [0.1, 0.15) is 56.3 Å². The lowest BCUT2D eigenvalue weighted by atomic mass is 9.68. The van der Waals surface area contributed by atoms with Crippen molar-refractivity contribution in [2.75, 3.05) is 11.9 Å². The van der Waals surface area contributed by atoms with Crippen molar-refractivity contribution in [1.82, 2.24) is 0 Å². The van der Waals surface area contributed by atoms with Crippen LogP contribution in [0, 0.1) is 15.9 Å². The van der Waals surface area contributed by atoms with Gasteiger partial charge in [-0.25, -0.2) is 0 Å². The van der Waals surface area contributed by atoms with E-state index in [0.717, 1.165) is 38.1 Å². The van der Waals surface area contributed by atoms with E-state index < -0.39 is 0 Å². The molecule has 0 saturated heterocycles. The molecule has 164 valence electrons. The Morgan fingerprint density at radius 2 is 1.91 bits per heavy atom. The van der Waals surface area contributed by atoms with E-state index in [1.807, 2.05) is 6.92 Å². The minimum absolute atomic E-state index is 0.0514. The first-order chi connectivity index (χ1) is 15.3. The molecule has 0 radical (unpaired) electrons. The number of Topliss-reactive ketones (excluding diaryl/α,β-unsaturated/α-hetero) is 1. The molecular weight excluding hydrogens is 509 g/mol. The maximum atomic E-state index is 13.6.